The molecule has 1 aromatic heterocycles. The number of amides is 1. The van der Waals surface area contributed by atoms with Crippen molar-refractivity contribution < 1.29 is 13.2 Å². The standard InChI is InChI=1S/C20H27BrN4O3S/c1-4-24(5-2)12-13-25(18-9-6-8-17(21)14-18)20(26)16-23(3)29(27,28)19-10-7-11-22-15-19/h6-11,14-15H,4-5,12-13,16H2,1-3H3. The summed E-state index contributed by atoms with van der Waals surface area (Å²) < 4.78 is 27.4. The van der Waals surface area contributed by atoms with E-state index in [4.69, 9.17) is 0 Å². The summed E-state index contributed by atoms with van der Waals surface area (Å²) in [6.07, 6.45) is 2.79. The van der Waals surface area contributed by atoms with Gasteiger partial charge < -0.3 is 9.80 Å². The quantitative estimate of drug-likeness (QED) is 0.520. The Morgan fingerprint density at radius 3 is 2.41 bits per heavy atom. The van der Waals surface area contributed by atoms with E-state index in [2.05, 4.69) is 39.7 Å². The lowest BCUT2D eigenvalue weighted by Gasteiger charge is -2.28. The Bertz CT molecular complexity index is 905. The van der Waals surface area contributed by atoms with Crippen molar-refractivity contribution in [1.29, 1.82) is 0 Å². The Morgan fingerprint density at radius 1 is 1.10 bits per heavy atom. The maximum atomic E-state index is 13.1. The van der Waals surface area contributed by atoms with E-state index in [1.165, 1.54) is 25.5 Å². The molecule has 158 valence electrons. The molecule has 0 saturated heterocycles. The lowest BCUT2D eigenvalue weighted by atomic mass is 10.2. The minimum atomic E-state index is -3.79. The van der Waals surface area contributed by atoms with Crippen LogP contribution in [0.1, 0.15) is 13.8 Å². The summed E-state index contributed by atoms with van der Waals surface area (Å²) in [6.45, 7) is 6.81. The van der Waals surface area contributed by atoms with Gasteiger partial charge in [0.25, 0.3) is 0 Å². The Morgan fingerprint density at radius 2 is 1.83 bits per heavy atom. The van der Waals surface area contributed by atoms with Crippen LogP contribution in [0.2, 0.25) is 0 Å². The van der Waals surface area contributed by atoms with E-state index in [1.54, 1.807) is 11.0 Å². The molecule has 0 fully saturated rings. The van der Waals surface area contributed by atoms with Gasteiger partial charge in [0.2, 0.25) is 15.9 Å². The number of likely N-dealkylation sites (N-methyl/N-ethyl adjacent to an activating group) is 2. The van der Waals surface area contributed by atoms with Gasteiger partial charge in [-0.2, -0.15) is 4.31 Å². The van der Waals surface area contributed by atoms with Crippen molar-refractivity contribution in [2.75, 3.05) is 44.7 Å². The Hall–Kier alpha value is -1.81. The second kappa shape index (κ2) is 10.8. The van der Waals surface area contributed by atoms with Gasteiger partial charge in [0.05, 0.1) is 6.54 Å². The van der Waals surface area contributed by atoms with Crippen LogP contribution in [0.15, 0.2) is 58.2 Å². The molecular weight excluding hydrogens is 456 g/mol. The minimum Gasteiger partial charge on any atom is -0.310 e. The van der Waals surface area contributed by atoms with Crippen LogP contribution in [0.3, 0.4) is 0 Å². The number of anilines is 1. The molecule has 0 unspecified atom stereocenters. The molecule has 29 heavy (non-hydrogen) atoms. The summed E-state index contributed by atoms with van der Waals surface area (Å²) in [5.41, 5.74) is 0.726. The maximum absolute atomic E-state index is 13.1. The van der Waals surface area contributed by atoms with E-state index >= 15 is 0 Å². The van der Waals surface area contributed by atoms with Crippen LogP contribution in [-0.4, -0.2) is 68.3 Å². The van der Waals surface area contributed by atoms with Crippen LogP contribution < -0.4 is 4.90 Å². The van der Waals surface area contributed by atoms with E-state index in [9.17, 15) is 13.2 Å². The molecule has 0 spiro atoms. The van der Waals surface area contributed by atoms with Crippen LogP contribution in [-0.2, 0) is 14.8 Å². The van der Waals surface area contributed by atoms with Crippen molar-refractivity contribution in [1.82, 2.24) is 14.2 Å². The number of pyridine rings is 1. The lowest BCUT2D eigenvalue weighted by molar-refractivity contribution is -0.118. The highest BCUT2D eigenvalue weighted by Crippen LogP contribution is 2.21. The first kappa shape index (κ1) is 23.5. The fourth-order valence-corrected chi connectivity index (χ4v) is 4.34. The number of rotatable bonds is 10. The normalized spacial score (nSPS) is 11.8. The molecule has 0 radical (unpaired) electrons. The van der Waals surface area contributed by atoms with Crippen LogP contribution >= 0.6 is 15.9 Å². The van der Waals surface area contributed by atoms with E-state index in [0.29, 0.717) is 13.1 Å². The summed E-state index contributed by atoms with van der Waals surface area (Å²) >= 11 is 3.44. The van der Waals surface area contributed by atoms with E-state index in [1.807, 2.05) is 24.3 Å². The summed E-state index contributed by atoms with van der Waals surface area (Å²) in [5.74, 6) is -0.287. The fourth-order valence-electron chi connectivity index (χ4n) is 2.86. The van der Waals surface area contributed by atoms with E-state index in [-0.39, 0.29) is 17.3 Å². The second-order valence-corrected chi connectivity index (χ2v) is 9.46. The molecular formula is C20H27BrN4O3S. The summed E-state index contributed by atoms with van der Waals surface area (Å²) in [5, 5.41) is 0. The van der Waals surface area contributed by atoms with Gasteiger partial charge in [-0.15, -0.1) is 0 Å². The molecule has 0 saturated carbocycles. The number of carbonyl (C=O) groups excluding carboxylic acids is 1. The van der Waals surface area contributed by atoms with Gasteiger partial charge in [0, 0.05) is 42.7 Å². The molecule has 0 N–H and O–H groups in total. The number of carbonyl (C=O) groups is 1. The van der Waals surface area contributed by atoms with Crippen molar-refractivity contribution in [3.05, 3.63) is 53.3 Å². The highest BCUT2D eigenvalue weighted by Gasteiger charge is 2.26. The first-order valence-corrected chi connectivity index (χ1v) is 11.7. The zero-order chi connectivity index (χ0) is 21.4. The van der Waals surface area contributed by atoms with Crippen molar-refractivity contribution in [2.45, 2.75) is 18.7 Å². The molecule has 2 aromatic rings. The predicted molar refractivity (Wildman–Crippen MR) is 118 cm³/mol. The van der Waals surface area contributed by atoms with Crippen molar-refractivity contribution in [2.24, 2.45) is 0 Å². The summed E-state index contributed by atoms with van der Waals surface area (Å²) in [7, 11) is -2.39. The number of aromatic nitrogens is 1. The molecule has 0 bridgehead atoms. The molecule has 0 aliphatic heterocycles. The molecule has 0 atom stereocenters. The van der Waals surface area contributed by atoms with Crippen LogP contribution in [0.4, 0.5) is 5.69 Å². The molecule has 7 nitrogen and oxygen atoms in total. The van der Waals surface area contributed by atoms with Crippen molar-refractivity contribution >= 4 is 37.5 Å². The zero-order valence-electron chi connectivity index (χ0n) is 17.0. The van der Waals surface area contributed by atoms with Gasteiger partial charge in [0.1, 0.15) is 4.90 Å². The molecule has 1 amide bonds. The average molecular weight is 483 g/mol. The highest BCUT2D eigenvalue weighted by atomic mass is 79.9. The molecule has 2 rings (SSSR count). The third-order valence-electron chi connectivity index (χ3n) is 4.66. The Kier molecular flexibility index (Phi) is 8.76. The fraction of sp³-hybridized carbons (Fsp3) is 0.400. The molecule has 9 heteroatoms. The zero-order valence-corrected chi connectivity index (χ0v) is 19.4. The highest BCUT2D eigenvalue weighted by molar-refractivity contribution is 9.10. The maximum Gasteiger partial charge on any atom is 0.244 e. The molecule has 1 aromatic carbocycles. The SMILES string of the molecule is CCN(CC)CCN(C(=O)CN(C)S(=O)(=O)c1cccnc1)c1cccc(Br)c1. The molecule has 0 aliphatic carbocycles. The van der Waals surface area contributed by atoms with Gasteiger partial charge >= 0.3 is 0 Å². The van der Waals surface area contributed by atoms with Crippen LogP contribution in [0.5, 0.6) is 0 Å². The van der Waals surface area contributed by atoms with Gasteiger partial charge in [0.15, 0.2) is 0 Å². The number of hydrogen-bond donors (Lipinski definition) is 0. The van der Waals surface area contributed by atoms with Gasteiger partial charge in [-0.05, 0) is 43.4 Å². The van der Waals surface area contributed by atoms with Gasteiger partial charge in [-0.1, -0.05) is 35.8 Å². The Labute approximate surface area is 181 Å². The second-order valence-electron chi connectivity index (χ2n) is 6.50. The Balaban J connectivity index is 2.22. The minimum absolute atomic E-state index is 0.0625. The number of benzene rings is 1. The van der Waals surface area contributed by atoms with Crippen molar-refractivity contribution in [3.8, 4) is 0 Å². The number of nitrogens with zero attached hydrogens (tertiary/aromatic N) is 4. The largest absolute Gasteiger partial charge is 0.310 e. The first-order valence-electron chi connectivity index (χ1n) is 9.44. The third-order valence-corrected chi connectivity index (χ3v) is 6.94. The van der Waals surface area contributed by atoms with Gasteiger partial charge in [-0.3, -0.25) is 9.78 Å². The van der Waals surface area contributed by atoms with E-state index < -0.39 is 10.0 Å². The molecule has 0 aliphatic rings. The number of sulfonamides is 1. The van der Waals surface area contributed by atoms with Crippen molar-refractivity contribution in [3.63, 3.8) is 0 Å². The number of hydrogen-bond acceptors (Lipinski definition) is 5. The third kappa shape index (κ3) is 6.33. The van der Waals surface area contributed by atoms with E-state index in [0.717, 1.165) is 27.6 Å². The molecule has 1 heterocycles. The van der Waals surface area contributed by atoms with Crippen LogP contribution in [0.25, 0.3) is 0 Å². The topological polar surface area (TPSA) is 73.8 Å². The summed E-state index contributed by atoms with van der Waals surface area (Å²) in [4.78, 5) is 20.9. The summed E-state index contributed by atoms with van der Waals surface area (Å²) in [6, 6.07) is 10.5. The van der Waals surface area contributed by atoms with Gasteiger partial charge in [-0.25, -0.2) is 8.42 Å². The average Bonchev–Trinajstić information content (AvgIpc) is 2.71. The first-order chi connectivity index (χ1) is 13.8. The monoisotopic (exact) mass is 482 g/mol. The van der Waals surface area contributed by atoms with Crippen LogP contribution in [0, 0.1) is 0 Å². The lowest BCUT2D eigenvalue weighted by Crippen LogP contribution is -2.44. The smallest absolute Gasteiger partial charge is 0.244 e. The number of halogens is 1. The predicted octanol–water partition coefficient (Wildman–Crippen LogP) is 2.84.